The Bertz CT molecular complexity index is 1290. The third-order valence-corrected chi connectivity index (χ3v) is 7.79. The van der Waals surface area contributed by atoms with E-state index in [-0.39, 0.29) is 36.2 Å². The van der Waals surface area contributed by atoms with Crippen LogP contribution < -0.4 is 20.4 Å². The molecule has 0 radical (unpaired) electrons. The van der Waals surface area contributed by atoms with Crippen LogP contribution in [0.1, 0.15) is 29.0 Å². The van der Waals surface area contributed by atoms with E-state index in [0.29, 0.717) is 31.5 Å². The number of benzene rings is 2. The molecular formula is C25H25N5O4. The molecule has 0 aromatic heterocycles. The number of anilines is 3. The van der Waals surface area contributed by atoms with Gasteiger partial charge in [0.15, 0.2) is 0 Å². The van der Waals surface area contributed by atoms with Gasteiger partial charge < -0.3 is 20.0 Å². The lowest BCUT2D eigenvalue weighted by molar-refractivity contribution is -0.126. The van der Waals surface area contributed by atoms with Gasteiger partial charge in [0.2, 0.25) is 11.8 Å². The fourth-order valence-corrected chi connectivity index (χ4v) is 5.93. The van der Waals surface area contributed by atoms with Crippen LogP contribution in [0, 0.1) is 0 Å². The van der Waals surface area contributed by atoms with Gasteiger partial charge in [-0.3, -0.25) is 19.7 Å². The van der Waals surface area contributed by atoms with Crippen molar-refractivity contribution in [3.63, 3.8) is 0 Å². The highest BCUT2D eigenvalue weighted by Gasteiger charge is 2.54. The highest BCUT2D eigenvalue weighted by Crippen LogP contribution is 2.46. The van der Waals surface area contributed by atoms with Crippen molar-refractivity contribution in [1.29, 1.82) is 0 Å². The zero-order valence-electron chi connectivity index (χ0n) is 19.1. The van der Waals surface area contributed by atoms with Gasteiger partial charge in [-0.15, -0.1) is 0 Å². The Morgan fingerprint density at radius 2 is 1.85 bits per heavy atom. The molecule has 1 spiro atoms. The predicted octanol–water partition coefficient (Wildman–Crippen LogP) is 1.61. The Labute approximate surface area is 196 Å². The monoisotopic (exact) mass is 459 g/mol. The molecule has 0 bridgehead atoms. The van der Waals surface area contributed by atoms with Crippen molar-refractivity contribution >= 4 is 40.8 Å². The van der Waals surface area contributed by atoms with E-state index in [1.807, 2.05) is 41.3 Å². The van der Waals surface area contributed by atoms with Gasteiger partial charge in [-0.25, -0.2) is 4.79 Å². The molecule has 0 saturated carbocycles. The maximum absolute atomic E-state index is 13.0. The SMILES string of the molecule is CN1C(=O)CC2CN(CC(=O)Nc3ccc4c(c3)CC3(C4)C(=O)NC(=O)N3C)c3cccc1c32. The molecule has 9 nitrogen and oxygen atoms in total. The van der Waals surface area contributed by atoms with Crippen LogP contribution in [0.2, 0.25) is 0 Å². The Balaban J connectivity index is 1.18. The number of imide groups is 1. The van der Waals surface area contributed by atoms with Crippen molar-refractivity contribution in [3.8, 4) is 0 Å². The van der Waals surface area contributed by atoms with E-state index in [9.17, 15) is 19.2 Å². The van der Waals surface area contributed by atoms with Gasteiger partial charge in [-0.1, -0.05) is 12.1 Å². The van der Waals surface area contributed by atoms with Crippen molar-refractivity contribution in [1.82, 2.24) is 10.2 Å². The number of hydrogen-bond acceptors (Lipinski definition) is 5. The predicted molar refractivity (Wildman–Crippen MR) is 126 cm³/mol. The molecule has 174 valence electrons. The number of nitrogens with one attached hydrogen (secondary N) is 2. The second kappa shape index (κ2) is 7.06. The summed E-state index contributed by atoms with van der Waals surface area (Å²) in [6.45, 7) is 0.826. The fourth-order valence-electron chi connectivity index (χ4n) is 5.93. The number of urea groups is 1. The van der Waals surface area contributed by atoms with Crippen LogP contribution in [0.25, 0.3) is 0 Å². The molecule has 2 N–H and O–H groups in total. The first-order chi connectivity index (χ1) is 16.3. The zero-order valence-corrected chi connectivity index (χ0v) is 19.1. The molecule has 3 heterocycles. The first-order valence-electron chi connectivity index (χ1n) is 11.4. The lowest BCUT2D eigenvalue weighted by Crippen LogP contribution is -2.48. The fraction of sp³-hybridized carbons (Fsp3) is 0.360. The van der Waals surface area contributed by atoms with Crippen molar-refractivity contribution < 1.29 is 19.2 Å². The van der Waals surface area contributed by atoms with Gasteiger partial charge in [-0.05, 0) is 35.4 Å². The van der Waals surface area contributed by atoms with Crippen molar-refractivity contribution in [2.24, 2.45) is 0 Å². The number of carbonyl (C=O) groups excluding carboxylic acids is 4. The highest BCUT2D eigenvalue weighted by atomic mass is 16.2. The summed E-state index contributed by atoms with van der Waals surface area (Å²) in [7, 11) is 3.44. The van der Waals surface area contributed by atoms with E-state index in [1.54, 1.807) is 19.0 Å². The molecule has 34 heavy (non-hydrogen) atoms. The van der Waals surface area contributed by atoms with Crippen LogP contribution in [0.15, 0.2) is 36.4 Å². The molecule has 6 rings (SSSR count). The minimum Gasteiger partial charge on any atom is -0.361 e. The average molecular weight is 460 g/mol. The standard InChI is InChI=1S/C25H25N5O4/c1-28-18-4-3-5-19-22(18)16(9-21(28)32)12-30(19)13-20(31)26-17-7-6-14-10-25(11-15(14)8-17)23(33)27-24(34)29(25)2/h3-8,16H,9-13H2,1-2H3,(H,26,31)(H,27,33,34). The van der Waals surface area contributed by atoms with Crippen molar-refractivity contribution in [3.05, 3.63) is 53.1 Å². The van der Waals surface area contributed by atoms with Crippen LogP contribution in [0.5, 0.6) is 0 Å². The van der Waals surface area contributed by atoms with Crippen LogP contribution in [0.3, 0.4) is 0 Å². The maximum Gasteiger partial charge on any atom is 0.324 e. The first kappa shape index (κ1) is 20.7. The number of rotatable bonds is 3. The summed E-state index contributed by atoms with van der Waals surface area (Å²) in [5.74, 6) is -0.212. The highest BCUT2D eigenvalue weighted by molar-refractivity contribution is 6.08. The van der Waals surface area contributed by atoms with E-state index < -0.39 is 5.54 Å². The van der Waals surface area contributed by atoms with E-state index in [0.717, 1.165) is 28.1 Å². The third kappa shape index (κ3) is 2.85. The summed E-state index contributed by atoms with van der Waals surface area (Å²) in [6.07, 6.45) is 1.34. The molecule has 2 unspecified atom stereocenters. The molecular weight excluding hydrogens is 434 g/mol. The first-order valence-corrected chi connectivity index (χ1v) is 11.4. The minimum atomic E-state index is -0.884. The van der Waals surface area contributed by atoms with E-state index in [1.165, 1.54) is 4.90 Å². The van der Waals surface area contributed by atoms with Gasteiger partial charge >= 0.3 is 6.03 Å². The number of carbonyl (C=O) groups is 4. The number of fused-ring (bicyclic) bond motifs is 1. The third-order valence-electron chi connectivity index (χ3n) is 7.79. The van der Waals surface area contributed by atoms with Crippen LogP contribution in [-0.4, -0.2) is 61.4 Å². The smallest absolute Gasteiger partial charge is 0.324 e. The summed E-state index contributed by atoms with van der Waals surface area (Å²) < 4.78 is 0. The maximum atomic E-state index is 13.0. The quantitative estimate of drug-likeness (QED) is 0.679. The Hall–Kier alpha value is -3.88. The van der Waals surface area contributed by atoms with Gasteiger partial charge in [0, 0.05) is 68.4 Å². The van der Waals surface area contributed by atoms with Crippen molar-refractivity contribution in [2.75, 3.05) is 42.3 Å². The number of hydrogen-bond donors (Lipinski definition) is 2. The number of likely N-dealkylation sites (N-methyl/N-ethyl adjacent to an activating group) is 1. The summed E-state index contributed by atoms with van der Waals surface area (Å²) in [5, 5.41) is 5.38. The van der Waals surface area contributed by atoms with Crippen LogP contribution in [-0.2, 0) is 27.2 Å². The summed E-state index contributed by atoms with van der Waals surface area (Å²) in [5.41, 5.74) is 4.82. The Morgan fingerprint density at radius 3 is 2.62 bits per heavy atom. The topological polar surface area (TPSA) is 102 Å². The number of amides is 5. The molecule has 4 aliphatic rings. The molecule has 2 aromatic carbocycles. The Kier molecular flexibility index (Phi) is 4.30. The van der Waals surface area contributed by atoms with Crippen molar-refractivity contribution in [2.45, 2.75) is 30.7 Å². The second-order valence-corrected chi connectivity index (χ2v) is 9.68. The zero-order chi connectivity index (χ0) is 23.8. The molecule has 2 aromatic rings. The van der Waals surface area contributed by atoms with E-state index in [4.69, 9.17) is 0 Å². The molecule has 1 fully saturated rings. The molecule has 5 amide bonds. The summed E-state index contributed by atoms with van der Waals surface area (Å²) in [4.78, 5) is 55.0. The van der Waals surface area contributed by atoms with Gasteiger partial charge in [0.1, 0.15) is 5.54 Å². The lowest BCUT2D eigenvalue weighted by Gasteiger charge is -2.28. The number of nitrogens with zero attached hydrogens (tertiary/aromatic N) is 3. The van der Waals surface area contributed by atoms with E-state index >= 15 is 0 Å². The molecule has 9 heteroatoms. The Morgan fingerprint density at radius 1 is 1.09 bits per heavy atom. The second-order valence-electron chi connectivity index (χ2n) is 9.68. The van der Waals surface area contributed by atoms with E-state index in [2.05, 4.69) is 10.6 Å². The summed E-state index contributed by atoms with van der Waals surface area (Å²) >= 11 is 0. The van der Waals surface area contributed by atoms with Crippen LogP contribution >= 0.6 is 0 Å². The normalized spacial score (nSPS) is 24.6. The largest absolute Gasteiger partial charge is 0.361 e. The van der Waals surface area contributed by atoms with Gasteiger partial charge in [0.05, 0.1) is 6.54 Å². The molecule has 1 saturated heterocycles. The molecule has 2 atom stereocenters. The van der Waals surface area contributed by atoms with Gasteiger partial charge in [-0.2, -0.15) is 0 Å². The summed E-state index contributed by atoms with van der Waals surface area (Å²) in [6, 6.07) is 11.2. The molecule has 3 aliphatic heterocycles. The average Bonchev–Trinajstić information content (AvgIpc) is 3.42. The van der Waals surface area contributed by atoms with Gasteiger partial charge in [0.25, 0.3) is 5.91 Å². The lowest BCUT2D eigenvalue weighted by atomic mass is 9.91. The van der Waals surface area contributed by atoms with Crippen LogP contribution in [0.4, 0.5) is 21.9 Å². The minimum absolute atomic E-state index is 0.0974. The molecule has 1 aliphatic carbocycles.